The Morgan fingerprint density at radius 1 is 1.30 bits per heavy atom. The molecule has 2 aliphatic rings. The molecule has 6 heteroatoms. The number of ether oxygens (including phenoxy) is 1. The van der Waals surface area contributed by atoms with E-state index in [1.807, 2.05) is 43.9 Å². The van der Waals surface area contributed by atoms with E-state index in [0.717, 1.165) is 33.3 Å². The summed E-state index contributed by atoms with van der Waals surface area (Å²) in [5, 5.41) is 1.15. The van der Waals surface area contributed by atoms with Crippen LogP contribution in [0.25, 0.3) is 0 Å². The summed E-state index contributed by atoms with van der Waals surface area (Å²) < 4.78 is 6.89. The summed E-state index contributed by atoms with van der Waals surface area (Å²) in [7, 11) is 0. The largest absolute Gasteiger partial charge is 0.490 e. The summed E-state index contributed by atoms with van der Waals surface area (Å²) >= 11 is 5.57. The average Bonchev–Trinajstić information content (AvgIpc) is 3.22. The second kappa shape index (κ2) is 7.84. The molecule has 0 amide bonds. The maximum Gasteiger partial charge on any atom is 0.160 e. The molecule has 4 nitrogen and oxygen atoms in total. The van der Waals surface area contributed by atoms with Crippen molar-refractivity contribution in [1.82, 2.24) is 9.88 Å². The van der Waals surface area contributed by atoms with Gasteiger partial charge in [0.1, 0.15) is 11.8 Å². The van der Waals surface area contributed by atoms with Crippen LogP contribution in [0.1, 0.15) is 50.5 Å². The molecule has 1 saturated heterocycles. The van der Waals surface area contributed by atoms with Gasteiger partial charge in [0.15, 0.2) is 5.17 Å². The predicted molar refractivity (Wildman–Crippen MR) is 115 cm³/mol. The van der Waals surface area contributed by atoms with Crippen molar-refractivity contribution in [2.75, 3.05) is 5.75 Å². The van der Waals surface area contributed by atoms with Gasteiger partial charge in [0, 0.05) is 18.0 Å². The van der Waals surface area contributed by atoms with Crippen LogP contribution < -0.4 is 4.74 Å². The number of benzene rings is 1. The monoisotopic (exact) mass is 445 g/mol. The highest BCUT2D eigenvalue weighted by Gasteiger charge is 2.45. The lowest BCUT2D eigenvalue weighted by Crippen LogP contribution is -2.35. The summed E-state index contributed by atoms with van der Waals surface area (Å²) in [6.07, 6.45) is 3.12. The molecular weight excluding hydrogens is 422 g/mol. The number of aliphatic imine (C=N–C) groups is 1. The highest BCUT2D eigenvalue weighted by atomic mass is 79.9. The van der Waals surface area contributed by atoms with E-state index in [-0.39, 0.29) is 18.2 Å². The van der Waals surface area contributed by atoms with E-state index in [1.165, 1.54) is 5.56 Å². The van der Waals surface area contributed by atoms with Gasteiger partial charge in [-0.2, -0.15) is 0 Å². The van der Waals surface area contributed by atoms with Gasteiger partial charge >= 0.3 is 0 Å². The zero-order valence-electron chi connectivity index (χ0n) is 15.8. The first kappa shape index (κ1) is 18.8. The van der Waals surface area contributed by atoms with Gasteiger partial charge < -0.3 is 9.64 Å². The van der Waals surface area contributed by atoms with Crippen LogP contribution in [-0.2, 0) is 0 Å². The van der Waals surface area contributed by atoms with Crippen molar-refractivity contribution in [3.63, 3.8) is 0 Å². The Labute approximate surface area is 173 Å². The molecule has 0 bridgehead atoms. The molecule has 3 atom stereocenters. The molecule has 1 aromatic heterocycles. The quantitative estimate of drug-likeness (QED) is 0.598. The molecule has 1 fully saturated rings. The average molecular weight is 446 g/mol. The van der Waals surface area contributed by atoms with E-state index >= 15 is 0 Å². The Hall–Kier alpha value is -1.53. The number of amidine groups is 1. The molecule has 142 valence electrons. The highest BCUT2D eigenvalue weighted by molar-refractivity contribution is 9.10. The van der Waals surface area contributed by atoms with Gasteiger partial charge in [-0.3, -0.25) is 9.98 Å². The number of thioether (sulfide) groups is 1. The van der Waals surface area contributed by atoms with Gasteiger partial charge in [0.25, 0.3) is 0 Å². The fraction of sp³-hybridized carbons (Fsp3) is 0.429. The predicted octanol–water partition coefficient (Wildman–Crippen LogP) is 5.61. The van der Waals surface area contributed by atoms with Crippen molar-refractivity contribution in [3.05, 3.63) is 58.3 Å². The van der Waals surface area contributed by atoms with Crippen molar-refractivity contribution in [2.45, 2.75) is 51.4 Å². The number of hydrogen-bond acceptors (Lipinski definition) is 5. The van der Waals surface area contributed by atoms with Gasteiger partial charge in [0.05, 0.1) is 22.3 Å². The van der Waals surface area contributed by atoms with E-state index < -0.39 is 0 Å². The summed E-state index contributed by atoms with van der Waals surface area (Å²) in [5.74, 6) is 1.99. The molecule has 0 radical (unpaired) electrons. The Kier molecular flexibility index (Phi) is 5.46. The van der Waals surface area contributed by atoms with Crippen molar-refractivity contribution in [3.8, 4) is 5.75 Å². The minimum Gasteiger partial charge on any atom is -0.490 e. The minimum absolute atomic E-state index is 0.0202. The molecule has 0 aliphatic carbocycles. The molecule has 0 unspecified atom stereocenters. The zero-order valence-corrected chi connectivity index (χ0v) is 18.2. The summed E-state index contributed by atoms with van der Waals surface area (Å²) in [6, 6.07) is 13.2. The number of halogens is 1. The minimum atomic E-state index is 0.0202. The zero-order chi connectivity index (χ0) is 19.0. The molecule has 27 heavy (non-hydrogen) atoms. The van der Waals surface area contributed by atoms with Gasteiger partial charge in [0.2, 0.25) is 0 Å². The van der Waals surface area contributed by atoms with E-state index in [1.54, 1.807) is 0 Å². The van der Waals surface area contributed by atoms with E-state index in [0.29, 0.717) is 6.04 Å². The molecule has 0 spiro atoms. The van der Waals surface area contributed by atoms with Crippen molar-refractivity contribution in [2.24, 2.45) is 4.99 Å². The first-order chi connectivity index (χ1) is 13.1. The molecule has 4 rings (SSSR count). The van der Waals surface area contributed by atoms with Gasteiger partial charge in [-0.15, -0.1) is 0 Å². The van der Waals surface area contributed by atoms with Crippen LogP contribution in [0.15, 0.2) is 52.1 Å². The maximum atomic E-state index is 5.90. The maximum absolute atomic E-state index is 5.90. The van der Waals surface area contributed by atoms with E-state index in [9.17, 15) is 0 Å². The molecule has 0 N–H and O–H groups in total. The lowest BCUT2D eigenvalue weighted by Gasteiger charge is -2.32. The number of rotatable bonds is 5. The summed E-state index contributed by atoms with van der Waals surface area (Å²) in [6.45, 7) is 6.35. The van der Waals surface area contributed by atoms with Crippen LogP contribution in [-0.4, -0.2) is 33.0 Å². The van der Waals surface area contributed by atoms with Crippen LogP contribution in [0.4, 0.5) is 0 Å². The summed E-state index contributed by atoms with van der Waals surface area (Å²) in [4.78, 5) is 12.2. The lowest BCUT2D eigenvalue weighted by molar-refractivity contribution is 0.239. The molecule has 3 heterocycles. The number of nitrogens with zero attached hydrogens (tertiary/aromatic N) is 3. The Balaban J connectivity index is 1.74. The van der Waals surface area contributed by atoms with Crippen LogP contribution in [0.5, 0.6) is 5.75 Å². The van der Waals surface area contributed by atoms with Crippen LogP contribution in [0.3, 0.4) is 0 Å². The first-order valence-electron chi connectivity index (χ1n) is 9.44. The topological polar surface area (TPSA) is 37.7 Å². The number of aromatic nitrogens is 1. The third-order valence-electron chi connectivity index (χ3n) is 4.99. The van der Waals surface area contributed by atoms with Gasteiger partial charge in [-0.1, -0.05) is 30.8 Å². The standard InChI is InChI=1S/C21H24BrN3OS/c1-4-15-12-27-21-24-19(17-7-5-6-10-23-17)20(25(15)21)14-8-9-18(16(22)11-14)26-13(2)3/h5-11,13,15,19-20H,4,12H2,1-3H3/t15-,19-,20-/m1/s1. The van der Waals surface area contributed by atoms with Crippen LogP contribution in [0, 0.1) is 0 Å². The van der Waals surface area contributed by atoms with Gasteiger partial charge in [-0.25, -0.2) is 0 Å². The Morgan fingerprint density at radius 2 is 2.15 bits per heavy atom. The molecule has 1 aromatic carbocycles. The second-order valence-electron chi connectivity index (χ2n) is 7.19. The normalized spacial score (nSPS) is 24.3. The number of hydrogen-bond donors (Lipinski definition) is 0. The Morgan fingerprint density at radius 3 is 2.81 bits per heavy atom. The van der Waals surface area contributed by atoms with Crippen molar-refractivity contribution < 1.29 is 4.74 Å². The van der Waals surface area contributed by atoms with E-state index in [2.05, 4.69) is 57.0 Å². The smallest absolute Gasteiger partial charge is 0.160 e. The van der Waals surface area contributed by atoms with Crippen molar-refractivity contribution >= 4 is 32.9 Å². The van der Waals surface area contributed by atoms with Crippen molar-refractivity contribution in [1.29, 1.82) is 0 Å². The Bertz CT molecular complexity index is 843. The SMILES string of the molecule is CC[C@@H]1CSC2=N[C@H](c3ccccn3)[C@@H](c3ccc(OC(C)C)c(Br)c3)N21. The fourth-order valence-corrected chi connectivity index (χ4v) is 5.59. The van der Waals surface area contributed by atoms with E-state index in [4.69, 9.17) is 9.73 Å². The van der Waals surface area contributed by atoms with Gasteiger partial charge in [-0.05, 0) is 66.0 Å². The molecular formula is C21H24BrN3OS. The molecule has 2 aromatic rings. The highest BCUT2D eigenvalue weighted by Crippen LogP contribution is 2.49. The first-order valence-corrected chi connectivity index (χ1v) is 11.2. The number of fused-ring (bicyclic) bond motifs is 1. The lowest BCUT2D eigenvalue weighted by atomic mass is 9.95. The number of pyridine rings is 1. The molecule has 0 saturated carbocycles. The fourth-order valence-electron chi connectivity index (χ4n) is 3.76. The second-order valence-corrected chi connectivity index (χ2v) is 9.03. The van der Waals surface area contributed by atoms with Crippen LogP contribution >= 0.6 is 27.7 Å². The summed E-state index contributed by atoms with van der Waals surface area (Å²) in [5.41, 5.74) is 2.27. The third kappa shape index (κ3) is 3.61. The third-order valence-corrected chi connectivity index (χ3v) is 6.74. The van der Waals surface area contributed by atoms with Crippen LogP contribution in [0.2, 0.25) is 0 Å². The molecule has 2 aliphatic heterocycles.